The average molecular weight is 462 g/mol. The number of halogens is 1. The molecule has 2 aromatic rings. The Morgan fingerprint density at radius 3 is 2.55 bits per heavy atom. The first-order valence-corrected chi connectivity index (χ1v) is 9.30. The third kappa shape index (κ3) is 6.46. The van der Waals surface area contributed by atoms with E-state index in [1.807, 2.05) is 6.07 Å². The molecule has 152 valence electrons. The summed E-state index contributed by atoms with van der Waals surface area (Å²) in [6.45, 7) is 1.30. The second-order valence-corrected chi connectivity index (χ2v) is 6.81. The van der Waals surface area contributed by atoms with Crippen molar-refractivity contribution in [2.24, 2.45) is 0 Å². The summed E-state index contributed by atoms with van der Waals surface area (Å²) in [4.78, 5) is 35.6. The van der Waals surface area contributed by atoms with E-state index in [0.717, 1.165) is 10.0 Å². The van der Waals surface area contributed by atoms with Crippen molar-refractivity contribution in [3.05, 3.63) is 63.6 Å². The quantitative estimate of drug-likeness (QED) is 0.498. The highest BCUT2D eigenvalue weighted by molar-refractivity contribution is 9.10. The number of carbonyl (C=O) groups excluding carboxylic acids is 3. The third-order valence-corrected chi connectivity index (χ3v) is 4.36. The lowest BCUT2D eigenvalue weighted by atomic mass is 10.1. The van der Waals surface area contributed by atoms with Gasteiger partial charge in [-0.15, -0.1) is 0 Å². The molecule has 0 aliphatic carbocycles. The van der Waals surface area contributed by atoms with Gasteiger partial charge in [0.1, 0.15) is 5.75 Å². The highest BCUT2D eigenvalue weighted by atomic mass is 79.9. The fourth-order valence-corrected chi connectivity index (χ4v) is 2.74. The van der Waals surface area contributed by atoms with E-state index in [1.165, 1.54) is 32.4 Å². The minimum absolute atomic E-state index is 0.302. The summed E-state index contributed by atoms with van der Waals surface area (Å²) in [5.41, 5.74) is 2.16. The van der Waals surface area contributed by atoms with E-state index >= 15 is 0 Å². The van der Waals surface area contributed by atoms with Gasteiger partial charge in [-0.25, -0.2) is 9.59 Å². The molecular weight excluding hydrogens is 442 g/mol. The Hall–Kier alpha value is -3.13. The van der Waals surface area contributed by atoms with Gasteiger partial charge in [0.15, 0.2) is 6.61 Å². The second kappa shape index (κ2) is 10.4. The molecule has 2 rings (SSSR count). The molecular formula is C21H20BrNO6. The summed E-state index contributed by atoms with van der Waals surface area (Å²) >= 11 is 3.35. The Morgan fingerprint density at radius 1 is 1.10 bits per heavy atom. The number of ether oxygens (including phenoxy) is 3. The van der Waals surface area contributed by atoms with Crippen molar-refractivity contribution in [3.8, 4) is 5.75 Å². The molecule has 0 radical (unpaired) electrons. The second-order valence-electron chi connectivity index (χ2n) is 5.90. The summed E-state index contributed by atoms with van der Waals surface area (Å²) in [6.07, 6.45) is 2.74. The van der Waals surface area contributed by atoms with E-state index in [4.69, 9.17) is 9.47 Å². The fourth-order valence-electron chi connectivity index (χ4n) is 2.37. The van der Waals surface area contributed by atoms with Crippen LogP contribution in [0, 0.1) is 6.92 Å². The number of benzene rings is 2. The Kier molecular flexibility index (Phi) is 7.97. The number of carbonyl (C=O) groups is 3. The molecule has 0 bridgehead atoms. The number of nitrogens with one attached hydrogen (secondary N) is 1. The zero-order valence-electron chi connectivity index (χ0n) is 16.2. The number of anilines is 1. The maximum atomic E-state index is 12.1. The van der Waals surface area contributed by atoms with Gasteiger partial charge < -0.3 is 19.5 Å². The maximum absolute atomic E-state index is 12.1. The highest BCUT2D eigenvalue weighted by Gasteiger charge is 2.11. The molecule has 29 heavy (non-hydrogen) atoms. The van der Waals surface area contributed by atoms with Crippen LogP contribution in [0.1, 0.15) is 21.5 Å². The molecule has 0 aliphatic rings. The predicted octanol–water partition coefficient (Wildman–Crippen LogP) is 3.75. The van der Waals surface area contributed by atoms with Gasteiger partial charge in [-0.1, -0.05) is 22.0 Å². The molecule has 0 spiro atoms. The molecule has 0 heterocycles. The summed E-state index contributed by atoms with van der Waals surface area (Å²) < 4.78 is 15.7. The summed E-state index contributed by atoms with van der Waals surface area (Å²) in [7, 11) is 2.80. The first-order valence-electron chi connectivity index (χ1n) is 8.51. The van der Waals surface area contributed by atoms with Crippen molar-refractivity contribution >= 4 is 45.5 Å². The molecule has 0 saturated heterocycles. The number of esters is 2. The van der Waals surface area contributed by atoms with Crippen LogP contribution in [0.5, 0.6) is 5.75 Å². The van der Waals surface area contributed by atoms with Crippen molar-refractivity contribution in [1.29, 1.82) is 0 Å². The van der Waals surface area contributed by atoms with Crippen molar-refractivity contribution in [2.75, 3.05) is 26.1 Å². The molecule has 1 amide bonds. The number of hydrogen-bond acceptors (Lipinski definition) is 6. The first-order chi connectivity index (χ1) is 13.8. The number of hydrogen-bond donors (Lipinski definition) is 1. The lowest BCUT2D eigenvalue weighted by Gasteiger charge is -2.10. The van der Waals surface area contributed by atoms with E-state index in [-0.39, 0.29) is 0 Å². The standard InChI is InChI=1S/C21H20BrNO6/c1-13-4-5-15(21(26)28-3)11-17(13)23-19(24)12-29-20(25)9-6-14-10-16(22)7-8-18(14)27-2/h4-11H,12H2,1-3H3,(H,23,24)/b9-6+. The SMILES string of the molecule is COC(=O)c1ccc(C)c(NC(=O)COC(=O)/C=C/c2cc(Br)ccc2OC)c1. The van der Waals surface area contributed by atoms with Gasteiger partial charge >= 0.3 is 11.9 Å². The van der Waals surface area contributed by atoms with Gasteiger partial charge in [0.05, 0.1) is 19.8 Å². The Balaban J connectivity index is 1.95. The summed E-state index contributed by atoms with van der Waals surface area (Å²) in [5.74, 6) is -1.13. The molecule has 0 saturated carbocycles. The van der Waals surface area contributed by atoms with Crippen LogP contribution in [-0.2, 0) is 19.1 Å². The van der Waals surface area contributed by atoms with Crippen LogP contribution in [0.2, 0.25) is 0 Å². The Labute approximate surface area is 176 Å². The molecule has 0 aliphatic heterocycles. The van der Waals surface area contributed by atoms with Crippen molar-refractivity contribution < 1.29 is 28.6 Å². The predicted molar refractivity (Wildman–Crippen MR) is 112 cm³/mol. The molecule has 2 aromatic carbocycles. The van der Waals surface area contributed by atoms with E-state index < -0.39 is 24.5 Å². The minimum Gasteiger partial charge on any atom is -0.496 e. The molecule has 0 aromatic heterocycles. The van der Waals surface area contributed by atoms with E-state index in [0.29, 0.717) is 22.6 Å². The van der Waals surface area contributed by atoms with Crippen LogP contribution in [0.4, 0.5) is 5.69 Å². The van der Waals surface area contributed by atoms with Gasteiger partial charge in [0, 0.05) is 21.8 Å². The van der Waals surface area contributed by atoms with Gasteiger partial charge in [-0.3, -0.25) is 4.79 Å². The monoisotopic (exact) mass is 461 g/mol. The normalized spacial score (nSPS) is 10.5. The van der Waals surface area contributed by atoms with Crippen molar-refractivity contribution in [1.82, 2.24) is 0 Å². The zero-order chi connectivity index (χ0) is 21.4. The molecule has 0 atom stereocenters. The smallest absolute Gasteiger partial charge is 0.337 e. The number of rotatable bonds is 7. The number of aryl methyl sites for hydroxylation is 1. The summed E-state index contributed by atoms with van der Waals surface area (Å²) in [6, 6.07) is 10.1. The molecule has 0 fully saturated rings. The topological polar surface area (TPSA) is 90.9 Å². The van der Waals surface area contributed by atoms with Crippen molar-refractivity contribution in [3.63, 3.8) is 0 Å². The minimum atomic E-state index is -0.679. The Morgan fingerprint density at radius 2 is 1.86 bits per heavy atom. The van der Waals surface area contributed by atoms with Gasteiger partial charge in [-0.05, 0) is 48.9 Å². The van der Waals surface area contributed by atoms with Crippen LogP contribution in [-0.4, -0.2) is 38.7 Å². The van der Waals surface area contributed by atoms with Crippen LogP contribution in [0.15, 0.2) is 46.9 Å². The van der Waals surface area contributed by atoms with Crippen LogP contribution >= 0.6 is 15.9 Å². The van der Waals surface area contributed by atoms with Gasteiger partial charge in [0.2, 0.25) is 0 Å². The van der Waals surface area contributed by atoms with E-state index in [2.05, 4.69) is 26.0 Å². The highest BCUT2D eigenvalue weighted by Crippen LogP contribution is 2.24. The maximum Gasteiger partial charge on any atom is 0.337 e. The first kappa shape index (κ1) is 22.2. The van der Waals surface area contributed by atoms with E-state index in [1.54, 1.807) is 31.2 Å². The number of amides is 1. The lowest BCUT2D eigenvalue weighted by Crippen LogP contribution is -2.21. The van der Waals surface area contributed by atoms with Crippen molar-refractivity contribution in [2.45, 2.75) is 6.92 Å². The van der Waals surface area contributed by atoms with Crippen LogP contribution in [0.25, 0.3) is 6.08 Å². The fraction of sp³-hybridized carbons (Fsp3) is 0.190. The largest absolute Gasteiger partial charge is 0.496 e. The average Bonchev–Trinajstić information content (AvgIpc) is 2.71. The van der Waals surface area contributed by atoms with Gasteiger partial charge in [0.25, 0.3) is 5.91 Å². The molecule has 7 nitrogen and oxygen atoms in total. The van der Waals surface area contributed by atoms with E-state index in [9.17, 15) is 14.4 Å². The summed E-state index contributed by atoms with van der Waals surface area (Å²) in [5, 5.41) is 2.61. The third-order valence-electron chi connectivity index (χ3n) is 3.87. The number of methoxy groups -OCH3 is 2. The molecule has 8 heteroatoms. The molecule has 0 unspecified atom stereocenters. The van der Waals surface area contributed by atoms with Crippen LogP contribution < -0.4 is 10.1 Å². The zero-order valence-corrected chi connectivity index (χ0v) is 17.7. The lowest BCUT2D eigenvalue weighted by molar-refractivity contribution is -0.142. The Bertz CT molecular complexity index is 954. The van der Waals surface area contributed by atoms with Crippen LogP contribution in [0.3, 0.4) is 0 Å². The molecule has 1 N–H and O–H groups in total. The van der Waals surface area contributed by atoms with Gasteiger partial charge in [-0.2, -0.15) is 0 Å².